The molecule has 98 valence electrons. The monoisotopic (exact) mass is 259 g/mol. The largest absolute Gasteiger partial charge is 0.392 e. The van der Waals surface area contributed by atoms with Gasteiger partial charge in [-0.25, -0.2) is 0 Å². The molecule has 0 spiro atoms. The quantitative estimate of drug-likeness (QED) is 0.549. The van der Waals surface area contributed by atoms with Crippen molar-refractivity contribution in [3.63, 3.8) is 0 Å². The van der Waals surface area contributed by atoms with E-state index in [-0.39, 0.29) is 17.6 Å². The van der Waals surface area contributed by atoms with E-state index in [0.29, 0.717) is 12.5 Å². The van der Waals surface area contributed by atoms with Gasteiger partial charge in [0, 0.05) is 12.6 Å². The molecule has 0 rings (SSSR count). The second-order valence-corrected chi connectivity index (χ2v) is 5.12. The highest BCUT2D eigenvalue weighted by Crippen LogP contribution is 2.04. The first-order chi connectivity index (χ1) is 7.75. The van der Waals surface area contributed by atoms with Crippen LogP contribution in [0.5, 0.6) is 0 Å². The lowest BCUT2D eigenvalue weighted by molar-refractivity contribution is -0.147. The van der Waals surface area contributed by atoms with Gasteiger partial charge in [0.05, 0.1) is 11.5 Å². The number of carbonyl (C=O) groups is 2. The van der Waals surface area contributed by atoms with Gasteiger partial charge in [-0.3, -0.25) is 9.59 Å². The van der Waals surface area contributed by atoms with Crippen LogP contribution in [-0.4, -0.2) is 40.8 Å². The van der Waals surface area contributed by atoms with E-state index in [2.05, 4.69) is 17.5 Å². The molecule has 0 aliphatic rings. The molecule has 0 bridgehead atoms. The van der Waals surface area contributed by atoms with Gasteiger partial charge in [-0.2, -0.15) is 0 Å². The summed E-state index contributed by atoms with van der Waals surface area (Å²) in [7, 11) is 0. The van der Waals surface area contributed by atoms with E-state index in [1.165, 1.54) is 0 Å². The van der Waals surface area contributed by atoms with Crippen LogP contribution in [0.2, 0.25) is 0 Å². The molecule has 0 saturated heterocycles. The summed E-state index contributed by atoms with van der Waals surface area (Å²) in [5.74, 6) is -0.887. The number of rotatable bonds is 5. The zero-order valence-corrected chi connectivity index (χ0v) is 11.6. The number of nitrogens with zero attached hydrogens (tertiary/aromatic N) is 1. The van der Waals surface area contributed by atoms with Crippen molar-refractivity contribution in [1.29, 1.82) is 0 Å². The lowest BCUT2D eigenvalue weighted by Gasteiger charge is -2.27. The third kappa shape index (κ3) is 6.21. The Morgan fingerprint density at radius 3 is 2.18 bits per heavy atom. The first-order valence-corrected chi connectivity index (χ1v) is 6.03. The minimum Gasteiger partial charge on any atom is -0.392 e. The molecule has 0 fully saturated rings. The Labute approximate surface area is 108 Å². The third-order valence-corrected chi connectivity index (χ3v) is 2.21. The predicted octanol–water partition coefficient (Wildman–Crippen LogP) is 0.282. The Hall–Kier alpha value is -1.17. The fraction of sp³-hybridized carbons (Fsp3) is 0.727. The fourth-order valence-corrected chi connectivity index (χ4v) is 1.37. The third-order valence-electron chi connectivity index (χ3n) is 2.06. The van der Waals surface area contributed by atoms with Crippen molar-refractivity contribution in [3.05, 3.63) is 0 Å². The van der Waals surface area contributed by atoms with E-state index < -0.39 is 11.8 Å². The Kier molecular flexibility index (Phi) is 6.72. The Morgan fingerprint density at radius 1 is 1.29 bits per heavy atom. The van der Waals surface area contributed by atoms with Gasteiger partial charge in [-0.05, 0) is 19.8 Å². The van der Waals surface area contributed by atoms with Crippen LogP contribution in [0.15, 0.2) is 0 Å². The summed E-state index contributed by atoms with van der Waals surface area (Å²) in [6, 6.07) is -0.0134. The molecule has 3 N–H and O–H groups in total. The van der Waals surface area contributed by atoms with Gasteiger partial charge in [-0.15, -0.1) is 0 Å². The zero-order valence-electron chi connectivity index (χ0n) is 10.8. The molecule has 0 saturated carbocycles. The molecule has 0 aromatic heterocycles. The maximum atomic E-state index is 11.9. The molecular weight excluding hydrogens is 238 g/mol. The molecule has 0 aliphatic carbocycles. The molecule has 0 unspecified atom stereocenters. The molecule has 2 amide bonds. The van der Waals surface area contributed by atoms with E-state index in [4.69, 9.17) is 5.73 Å². The molecule has 0 aromatic rings. The number of hydrogen-bond acceptors (Lipinski definition) is 3. The maximum Gasteiger partial charge on any atom is 0.312 e. The smallest absolute Gasteiger partial charge is 0.312 e. The average Bonchev–Trinajstić information content (AvgIpc) is 2.20. The van der Waals surface area contributed by atoms with E-state index in [9.17, 15) is 9.59 Å². The van der Waals surface area contributed by atoms with Crippen LogP contribution in [0.4, 0.5) is 0 Å². The van der Waals surface area contributed by atoms with Crippen LogP contribution in [0.1, 0.15) is 27.7 Å². The lowest BCUT2D eigenvalue weighted by Crippen LogP contribution is -2.48. The van der Waals surface area contributed by atoms with Crippen LogP contribution in [0.25, 0.3) is 0 Å². The van der Waals surface area contributed by atoms with E-state index >= 15 is 0 Å². The van der Waals surface area contributed by atoms with Gasteiger partial charge in [0.1, 0.15) is 0 Å². The van der Waals surface area contributed by atoms with Gasteiger partial charge >= 0.3 is 11.8 Å². The lowest BCUT2D eigenvalue weighted by atomic mass is 10.1. The summed E-state index contributed by atoms with van der Waals surface area (Å²) in [5.41, 5.74) is 5.25. The van der Waals surface area contributed by atoms with Crippen LogP contribution in [0.3, 0.4) is 0 Å². The topological polar surface area (TPSA) is 75.4 Å². The van der Waals surface area contributed by atoms with Crippen LogP contribution >= 0.6 is 12.2 Å². The number of hydrogen-bond donors (Lipinski definition) is 2. The molecule has 0 radical (unpaired) electrons. The number of nitrogens with one attached hydrogen (secondary N) is 1. The van der Waals surface area contributed by atoms with Crippen molar-refractivity contribution in [3.8, 4) is 0 Å². The number of amides is 2. The van der Waals surface area contributed by atoms with Crippen LogP contribution < -0.4 is 11.1 Å². The highest BCUT2D eigenvalue weighted by molar-refractivity contribution is 7.80. The SMILES string of the molecule is CC(C)CN(C(=O)C(=O)NCC(N)=S)C(C)C. The molecule has 17 heavy (non-hydrogen) atoms. The molecule has 6 heteroatoms. The number of thiocarbonyl (C=S) groups is 1. The summed E-state index contributed by atoms with van der Waals surface area (Å²) in [4.78, 5) is 25.1. The Morgan fingerprint density at radius 2 is 1.82 bits per heavy atom. The Balaban J connectivity index is 4.50. The molecule has 0 heterocycles. The first-order valence-electron chi connectivity index (χ1n) is 5.62. The van der Waals surface area contributed by atoms with Crippen LogP contribution in [-0.2, 0) is 9.59 Å². The second-order valence-electron chi connectivity index (χ2n) is 4.59. The minimum absolute atomic E-state index is 0.0134. The van der Waals surface area contributed by atoms with Gasteiger partial charge < -0.3 is 16.0 Å². The van der Waals surface area contributed by atoms with Crippen molar-refractivity contribution in [2.24, 2.45) is 11.7 Å². The van der Waals surface area contributed by atoms with Crippen LogP contribution in [0, 0.1) is 5.92 Å². The van der Waals surface area contributed by atoms with Crippen molar-refractivity contribution in [1.82, 2.24) is 10.2 Å². The zero-order chi connectivity index (χ0) is 13.6. The number of carbonyl (C=O) groups excluding carboxylic acids is 2. The summed E-state index contributed by atoms with van der Waals surface area (Å²) >= 11 is 4.63. The normalized spacial score (nSPS) is 10.5. The average molecular weight is 259 g/mol. The number of nitrogens with two attached hydrogens (primary N) is 1. The minimum atomic E-state index is -0.660. The molecular formula is C11H21N3O2S. The van der Waals surface area contributed by atoms with E-state index in [1.807, 2.05) is 27.7 Å². The van der Waals surface area contributed by atoms with Gasteiger partial charge in [0.15, 0.2) is 0 Å². The van der Waals surface area contributed by atoms with Gasteiger partial charge in [-0.1, -0.05) is 26.1 Å². The molecule has 0 aliphatic heterocycles. The summed E-state index contributed by atoms with van der Waals surface area (Å²) in [5, 5.41) is 2.39. The molecule has 5 nitrogen and oxygen atoms in total. The van der Waals surface area contributed by atoms with Crippen molar-refractivity contribution in [2.45, 2.75) is 33.7 Å². The summed E-state index contributed by atoms with van der Waals surface area (Å²) < 4.78 is 0. The Bertz CT molecular complexity index is 303. The van der Waals surface area contributed by atoms with Crippen molar-refractivity contribution >= 4 is 29.0 Å². The van der Waals surface area contributed by atoms with Crippen molar-refractivity contribution < 1.29 is 9.59 Å². The fourth-order valence-electron chi connectivity index (χ4n) is 1.30. The van der Waals surface area contributed by atoms with Gasteiger partial charge in [0.25, 0.3) is 0 Å². The summed E-state index contributed by atoms with van der Waals surface area (Å²) in [6.45, 7) is 8.35. The van der Waals surface area contributed by atoms with E-state index in [0.717, 1.165) is 0 Å². The standard InChI is InChI=1S/C11H21N3O2S/c1-7(2)6-14(8(3)4)11(16)10(15)13-5-9(12)17/h7-8H,5-6H2,1-4H3,(H2,12,17)(H,13,15). The maximum absolute atomic E-state index is 11.9. The highest BCUT2D eigenvalue weighted by atomic mass is 32.1. The van der Waals surface area contributed by atoms with Crippen molar-refractivity contribution in [2.75, 3.05) is 13.1 Å². The van der Waals surface area contributed by atoms with E-state index in [1.54, 1.807) is 4.90 Å². The predicted molar refractivity (Wildman–Crippen MR) is 71.5 cm³/mol. The summed E-state index contributed by atoms with van der Waals surface area (Å²) in [6.07, 6.45) is 0. The first kappa shape index (κ1) is 15.8. The molecule has 0 atom stereocenters. The molecule has 0 aromatic carbocycles. The van der Waals surface area contributed by atoms with Gasteiger partial charge in [0.2, 0.25) is 0 Å². The second kappa shape index (κ2) is 7.21. The highest BCUT2D eigenvalue weighted by Gasteiger charge is 2.24.